The lowest BCUT2D eigenvalue weighted by Crippen LogP contribution is -2.49. The van der Waals surface area contributed by atoms with Crippen molar-refractivity contribution >= 4 is 27.9 Å². The molecule has 0 saturated heterocycles. The number of thiophene rings is 1. The van der Waals surface area contributed by atoms with Crippen molar-refractivity contribution in [2.75, 3.05) is 36.5 Å². The Kier molecular flexibility index (Phi) is 4.92. The Morgan fingerprint density at radius 3 is 2.92 bits per heavy atom. The topological polar surface area (TPSA) is 71.9 Å². The molecule has 0 saturated carbocycles. The van der Waals surface area contributed by atoms with E-state index in [0.29, 0.717) is 13.1 Å². The Bertz CT molecular complexity index is 830. The first-order valence-electron chi connectivity index (χ1n) is 8.82. The van der Waals surface area contributed by atoms with Gasteiger partial charge in [0.15, 0.2) is 6.17 Å². The number of rotatable bonds is 6. The summed E-state index contributed by atoms with van der Waals surface area (Å²) in [5.41, 5.74) is 3.51. The van der Waals surface area contributed by atoms with E-state index in [1.54, 1.807) is 11.3 Å². The number of aliphatic hydroxyl groups is 1. The summed E-state index contributed by atoms with van der Waals surface area (Å²) in [7, 11) is 0. The van der Waals surface area contributed by atoms with Gasteiger partial charge >= 0.3 is 0 Å². The van der Waals surface area contributed by atoms with Crippen LogP contribution in [0.1, 0.15) is 6.92 Å². The van der Waals surface area contributed by atoms with Crippen LogP contribution in [-0.2, 0) is 0 Å². The summed E-state index contributed by atoms with van der Waals surface area (Å²) < 4.78 is 0. The third kappa shape index (κ3) is 3.21. The van der Waals surface area contributed by atoms with E-state index in [9.17, 15) is 0 Å². The van der Waals surface area contributed by atoms with E-state index in [0.717, 1.165) is 18.1 Å². The normalized spacial score (nSPS) is 19.6. The molecule has 4 rings (SSSR count). The zero-order valence-electron chi connectivity index (χ0n) is 14.7. The summed E-state index contributed by atoms with van der Waals surface area (Å²) in [5, 5.41) is 20.1. The van der Waals surface area contributed by atoms with Crippen molar-refractivity contribution in [2.45, 2.75) is 13.1 Å². The number of benzene rings is 1. The number of amidine groups is 1. The number of fused-ring (bicyclic) bond motifs is 3. The van der Waals surface area contributed by atoms with Crippen LogP contribution in [0.5, 0.6) is 0 Å². The Morgan fingerprint density at radius 2 is 2.12 bits per heavy atom. The Morgan fingerprint density at radius 1 is 1.27 bits per heavy atom. The molecule has 0 amide bonds. The summed E-state index contributed by atoms with van der Waals surface area (Å²) in [4.78, 5) is 8.29. The lowest BCUT2D eigenvalue weighted by atomic mass is 10.2. The van der Waals surface area contributed by atoms with Crippen molar-refractivity contribution in [2.24, 2.45) is 4.99 Å². The quantitative estimate of drug-likeness (QED) is 0.589. The Labute approximate surface area is 157 Å². The first-order chi connectivity index (χ1) is 12.8. The van der Waals surface area contributed by atoms with Crippen LogP contribution >= 0.6 is 11.3 Å². The highest BCUT2D eigenvalue weighted by Gasteiger charge is 2.36. The van der Waals surface area contributed by atoms with Crippen LogP contribution in [0, 0.1) is 0 Å². The van der Waals surface area contributed by atoms with Gasteiger partial charge in [0, 0.05) is 29.9 Å². The molecule has 1 unspecified atom stereocenters. The fourth-order valence-electron chi connectivity index (χ4n) is 3.21. The fraction of sp³-hybridized carbons (Fsp3) is 0.316. The first-order valence-corrected chi connectivity index (χ1v) is 9.64. The summed E-state index contributed by atoms with van der Waals surface area (Å²) in [6.45, 7) is 4.28. The zero-order chi connectivity index (χ0) is 17.9. The number of anilines is 2. The van der Waals surface area contributed by atoms with Gasteiger partial charge in [-0.3, -0.25) is 4.99 Å². The lowest BCUT2D eigenvalue weighted by molar-refractivity contribution is 0.293. The van der Waals surface area contributed by atoms with E-state index in [-0.39, 0.29) is 12.8 Å². The van der Waals surface area contributed by atoms with Crippen molar-refractivity contribution in [3.05, 3.63) is 48.3 Å². The summed E-state index contributed by atoms with van der Waals surface area (Å²) >= 11 is 1.79. The molecule has 7 heteroatoms. The standard InChI is InChI=1S/C19H23N5OS/c1-13-12-22-18-17(21-8-7-20-9-10-25)23-15-11-16(26-19(15)24(13)18)14-5-3-2-4-6-14/h2-6,11-12,18,20,22,25H,7-10H2,1H3,(H,21,23). The number of aliphatic imine (C=N–C) groups is 1. The molecule has 1 aromatic carbocycles. The molecule has 3 heterocycles. The molecule has 0 aliphatic carbocycles. The smallest absolute Gasteiger partial charge is 0.163 e. The van der Waals surface area contributed by atoms with Crippen LogP contribution in [0.25, 0.3) is 10.4 Å². The van der Waals surface area contributed by atoms with Gasteiger partial charge in [-0.15, -0.1) is 11.3 Å². The van der Waals surface area contributed by atoms with Crippen LogP contribution in [0.15, 0.2) is 53.3 Å². The van der Waals surface area contributed by atoms with Gasteiger partial charge in [-0.05, 0) is 18.6 Å². The van der Waals surface area contributed by atoms with Gasteiger partial charge in [0.25, 0.3) is 0 Å². The van der Waals surface area contributed by atoms with Crippen molar-refractivity contribution in [1.29, 1.82) is 0 Å². The predicted molar refractivity (Wildman–Crippen MR) is 109 cm³/mol. The largest absolute Gasteiger partial charge is 0.395 e. The second kappa shape index (κ2) is 7.49. The molecule has 136 valence electrons. The van der Waals surface area contributed by atoms with Gasteiger partial charge in [0.05, 0.1) is 18.8 Å². The molecule has 1 aromatic heterocycles. The first kappa shape index (κ1) is 17.1. The summed E-state index contributed by atoms with van der Waals surface area (Å²) in [5.74, 6) is 0.925. The zero-order valence-corrected chi connectivity index (χ0v) is 15.5. The molecule has 0 bridgehead atoms. The van der Waals surface area contributed by atoms with Crippen LogP contribution in [0.2, 0.25) is 0 Å². The minimum Gasteiger partial charge on any atom is -0.395 e. The van der Waals surface area contributed by atoms with Crippen LogP contribution in [-0.4, -0.2) is 43.3 Å². The molecule has 0 radical (unpaired) electrons. The van der Waals surface area contributed by atoms with Gasteiger partial charge in [0.2, 0.25) is 0 Å². The minimum atomic E-state index is 0.0163. The SMILES string of the molecule is CC1=CNC2C(=NCCNCCO)Nc3cc(-c4ccccc4)sc3N12. The maximum Gasteiger partial charge on any atom is 0.163 e. The second-order valence-electron chi connectivity index (χ2n) is 6.29. The average Bonchev–Trinajstić information content (AvgIpc) is 3.26. The number of allylic oxidation sites excluding steroid dienone is 1. The molecule has 26 heavy (non-hydrogen) atoms. The van der Waals surface area contributed by atoms with Gasteiger partial charge in [0.1, 0.15) is 10.8 Å². The van der Waals surface area contributed by atoms with Crippen LogP contribution in [0.3, 0.4) is 0 Å². The molecular weight excluding hydrogens is 346 g/mol. The molecule has 4 N–H and O–H groups in total. The molecule has 2 aromatic rings. The van der Waals surface area contributed by atoms with Crippen LogP contribution < -0.4 is 20.9 Å². The molecule has 2 aliphatic heterocycles. The Hall–Kier alpha value is -2.35. The van der Waals surface area contributed by atoms with Crippen molar-refractivity contribution in [3.63, 3.8) is 0 Å². The van der Waals surface area contributed by atoms with E-state index in [2.05, 4.69) is 58.1 Å². The highest BCUT2D eigenvalue weighted by atomic mass is 32.1. The molecule has 0 fully saturated rings. The molecular formula is C19H23N5OS. The van der Waals surface area contributed by atoms with Crippen molar-refractivity contribution in [3.8, 4) is 10.4 Å². The minimum absolute atomic E-state index is 0.0163. The molecule has 6 nitrogen and oxygen atoms in total. The third-order valence-electron chi connectivity index (χ3n) is 4.46. The van der Waals surface area contributed by atoms with Crippen molar-refractivity contribution in [1.82, 2.24) is 10.6 Å². The van der Waals surface area contributed by atoms with Gasteiger partial charge in [-0.25, -0.2) is 0 Å². The predicted octanol–water partition coefficient (Wildman–Crippen LogP) is 2.42. The summed E-state index contributed by atoms with van der Waals surface area (Å²) in [6.07, 6.45) is 2.06. The molecule has 1 atom stereocenters. The van der Waals surface area contributed by atoms with Crippen LogP contribution in [0.4, 0.5) is 10.7 Å². The Balaban J connectivity index is 1.60. The van der Waals surface area contributed by atoms with Gasteiger partial charge in [-0.1, -0.05) is 30.3 Å². The lowest BCUT2D eigenvalue weighted by Gasteiger charge is -2.33. The maximum atomic E-state index is 8.84. The highest BCUT2D eigenvalue weighted by molar-refractivity contribution is 7.20. The van der Waals surface area contributed by atoms with E-state index in [1.165, 1.54) is 21.1 Å². The van der Waals surface area contributed by atoms with E-state index in [1.807, 2.05) is 12.3 Å². The molecule has 2 aliphatic rings. The number of hydrogen-bond acceptors (Lipinski definition) is 6. The van der Waals surface area contributed by atoms with E-state index >= 15 is 0 Å². The fourth-order valence-corrected chi connectivity index (χ4v) is 4.42. The van der Waals surface area contributed by atoms with E-state index in [4.69, 9.17) is 10.1 Å². The number of hydrogen-bond donors (Lipinski definition) is 4. The number of nitrogens with one attached hydrogen (secondary N) is 3. The van der Waals surface area contributed by atoms with E-state index < -0.39 is 0 Å². The second-order valence-corrected chi connectivity index (χ2v) is 7.32. The monoisotopic (exact) mass is 369 g/mol. The maximum absolute atomic E-state index is 8.84. The van der Waals surface area contributed by atoms with Gasteiger partial charge in [-0.2, -0.15) is 0 Å². The summed E-state index contributed by atoms with van der Waals surface area (Å²) in [6, 6.07) is 12.7. The third-order valence-corrected chi connectivity index (χ3v) is 5.64. The number of nitrogens with zero attached hydrogens (tertiary/aromatic N) is 2. The van der Waals surface area contributed by atoms with Crippen molar-refractivity contribution < 1.29 is 5.11 Å². The van der Waals surface area contributed by atoms with Gasteiger partial charge < -0.3 is 26.0 Å². The average molecular weight is 369 g/mol. The highest BCUT2D eigenvalue weighted by Crippen LogP contribution is 2.46. The molecule has 0 spiro atoms. The number of aliphatic hydroxyl groups excluding tert-OH is 1.